The van der Waals surface area contributed by atoms with E-state index in [0.29, 0.717) is 6.54 Å². The molecule has 1 aromatic rings. The number of rotatable bonds is 3. The Morgan fingerprint density at radius 2 is 2.29 bits per heavy atom. The predicted octanol–water partition coefficient (Wildman–Crippen LogP) is 0.799. The van der Waals surface area contributed by atoms with Gasteiger partial charge in [0.15, 0.2) is 0 Å². The van der Waals surface area contributed by atoms with Crippen LogP contribution in [0.4, 0.5) is 0 Å². The number of hydrogen-bond donors (Lipinski definition) is 1. The Balaban J connectivity index is 2.08. The molecule has 1 N–H and O–H groups in total. The summed E-state index contributed by atoms with van der Waals surface area (Å²) in [7, 11) is 3.34. The van der Waals surface area contributed by atoms with Gasteiger partial charge in [0.25, 0.3) is 0 Å². The highest BCUT2D eigenvalue weighted by Gasteiger charge is 2.18. The van der Waals surface area contributed by atoms with Gasteiger partial charge in [0.05, 0.1) is 13.7 Å². The van der Waals surface area contributed by atoms with Crippen LogP contribution >= 0.6 is 0 Å². The summed E-state index contributed by atoms with van der Waals surface area (Å²) >= 11 is 0. The highest BCUT2D eigenvalue weighted by Crippen LogP contribution is 2.23. The zero-order valence-electron chi connectivity index (χ0n) is 10.3. The van der Waals surface area contributed by atoms with Crippen molar-refractivity contribution >= 4 is 5.91 Å². The lowest BCUT2D eigenvalue weighted by molar-refractivity contribution is -0.121. The maximum atomic E-state index is 11.3. The molecule has 0 fully saturated rings. The number of methoxy groups -OCH3 is 1. The first-order valence-corrected chi connectivity index (χ1v) is 5.81. The minimum atomic E-state index is 0.0661. The van der Waals surface area contributed by atoms with E-state index in [9.17, 15) is 4.79 Å². The van der Waals surface area contributed by atoms with Gasteiger partial charge in [-0.1, -0.05) is 6.07 Å². The Morgan fingerprint density at radius 3 is 3.00 bits per heavy atom. The summed E-state index contributed by atoms with van der Waals surface area (Å²) in [6, 6.07) is 6.17. The first-order valence-electron chi connectivity index (χ1n) is 5.81. The number of benzene rings is 1. The second-order valence-corrected chi connectivity index (χ2v) is 4.27. The highest BCUT2D eigenvalue weighted by atomic mass is 16.5. The largest absolute Gasteiger partial charge is 0.497 e. The average molecular weight is 234 g/mol. The molecule has 0 saturated carbocycles. The molecule has 1 aliphatic heterocycles. The van der Waals surface area contributed by atoms with Gasteiger partial charge in [0.1, 0.15) is 5.75 Å². The quantitative estimate of drug-likeness (QED) is 0.841. The first kappa shape index (κ1) is 11.9. The van der Waals surface area contributed by atoms with Crippen molar-refractivity contribution in [1.82, 2.24) is 10.2 Å². The zero-order chi connectivity index (χ0) is 12.3. The maximum absolute atomic E-state index is 11.3. The fourth-order valence-electron chi connectivity index (χ4n) is 2.14. The number of likely N-dealkylation sites (N-methyl/N-ethyl adjacent to an activating group) is 1. The minimum Gasteiger partial charge on any atom is -0.497 e. The summed E-state index contributed by atoms with van der Waals surface area (Å²) in [5.41, 5.74) is 2.62. The molecule has 1 aromatic carbocycles. The lowest BCUT2D eigenvalue weighted by atomic mass is 9.99. The molecule has 0 radical (unpaired) electrons. The Labute approximate surface area is 102 Å². The Hall–Kier alpha value is -1.55. The van der Waals surface area contributed by atoms with Crippen LogP contribution in [-0.2, 0) is 17.8 Å². The van der Waals surface area contributed by atoms with Crippen molar-refractivity contribution < 1.29 is 9.53 Å². The van der Waals surface area contributed by atoms with Crippen LogP contribution in [0, 0.1) is 0 Å². The van der Waals surface area contributed by atoms with Crippen LogP contribution < -0.4 is 10.1 Å². The minimum absolute atomic E-state index is 0.0661. The molecule has 1 heterocycles. The maximum Gasteiger partial charge on any atom is 0.233 e. The normalized spacial score (nSPS) is 15.2. The lowest BCUT2D eigenvalue weighted by Gasteiger charge is -2.28. The molecule has 92 valence electrons. The third kappa shape index (κ3) is 2.77. The molecule has 0 unspecified atom stereocenters. The van der Waals surface area contributed by atoms with Gasteiger partial charge in [-0.25, -0.2) is 0 Å². The van der Waals surface area contributed by atoms with Crippen LogP contribution in [-0.4, -0.2) is 38.1 Å². The summed E-state index contributed by atoms with van der Waals surface area (Å²) in [6.07, 6.45) is 0.996. The Bertz CT molecular complexity index is 418. The molecule has 0 spiro atoms. The third-order valence-corrected chi connectivity index (χ3v) is 3.15. The van der Waals surface area contributed by atoms with Crippen molar-refractivity contribution in [3.63, 3.8) is 0 Å². The SMILES string of the molecule is CNC(=O)CN1CCc2ccc(OC)cc2C1. The van der Waals surface area contributed by atoms with E-state index in [-0.39, 0.29) is 5.91 Å². The molecule has 17 heavy (non-hydrogen) atoms. The van der Waals surface area contributed by atoms with Crippen LogP contribution in [0.2, 0.25) is 0 Å². The fraction of sp³-hybridized carbons (Fsp3) is 0.462. The zero-order valence-corrected chi connectivity index (χ0v) is 10.3. The van der Waals surface area contributed by atoms with E-state index in [2.05, 4.69) is 22.3 Å². The van der Waals surface area contributed by atoms with Crippen LogP contribution in [0.1, 0.15) is 11.1 Å². The molecule has 1 aliphatic rings. The van der Waals surface area contributed by atoms with Gasteiger partial charge < -0.3 is 10.1 Å². The van der Waals surface area contributed by atoms with Crippen molar-refractivity contribution in [2.75, 3.05) is 27.2 Å². The highest BCUT2D eigenvalue weighted by molar-refractivity contribution is 5.77. The first-order chi connectivity index (χ1) is 8.22. The second-order valence-electron chi connectivity index (χ2n) is 4.27. The van der Waals surface area contributed by atoms with Crippen molar-refractivity contribution in [2.24, 2.45) is 0 Å². The monoisotopic (exact) mass is 234 g/mol. The van der Waals surface area contributed by atoms with Gasteiger partial charge in [0.2, 0.25) is 5.91 Å². The topological polar surface area (TPSA) is 41.6 Å². The molecule has 0 bridgehead atoms. The van der Waals surface area contributed by atoms with Crippen molar-refractivity contribution in [3.05, 3.63) is 29.3 Å². The van der Waals surface area contributed by atoms with Crippen molar-refractivity contribution in [1.29, 1.82) is 0 Å². The lowest BCUT2D eigenvalue weighted by Crippen LogP contribution is -2.38. The van der Waals surface area contributed by atoms with Crippen molar-refractivity contribution in [2.45, 2.75) is 13.0 Å². The van der Waals surface area contributed by atoms with Crippen LogP contribution in [0.3, 0.4) is 0 Å². The fourth-order valence-corrected chi connectivity index (χ4v) is 2.14. The number of nitrogens with one attached hydrogen (secondary N) is 1. The smallest absolute Gasteiger partial charge is 0.233 e. The van der Waals surface area contributed by atoms with E-state index in [0.717, 1.165) is 25.3 Å². The van der Waals surface area contributed by atoms with Gasteiger partial charge in [-0.15, -0.1) is 0 Å². The molecule has 0 aliphatic carbocycles. The molecule has 4 heteroatoms. The van der Waals surface area contributed by atoms with Gasteiger partial charge in [0, 0.05) is 20.1 Å². The second kappa shape index (κ2) is 5.19. The number of nitrogens with zero attached hydrogens (tertiary/aromatic N) is 1. The van der Waals surface area contributed by atoms with E-state index < -0.39 is 0 Å². The molecular formula is C13H18N2O2. The third-order valence-electron chi connectivity index (χ3n) is 3.15. The number of carbonyl (C=O) groups excluding carboxylic acids is 1. The summed E-state index contributed by atoms with van der Waals surface area (Å²) < 4.78 is 5.22. The van der Waals surface area contributed by atoms with Crippen LogP contribution in [0.25, 0.3) is 0 Å². The van der Waals surface area contributed by atoms with Gasteiger partial charge in [-0.05, 0) is 29.7 Å². The molecule has 1 amide bonds. The predicted molar refractivity (Wildman–Crippen MR) is 66.0 cm³/mol. The van der Waals surface area contributed by atoms with Crippen LogP contribution in [0.15, 0.2) is 18.2 Å². The molecule has 4 nitrogen and oxygen atoms in total. The van der Waals surface area contributed by atoms with E-state index in [1.807, 2.05) is 6.07 Å². The number of amides is 1. The van der Waals surface area contributed by atoms with E-state index >= 15 is 0 Å². The van der Waals surface area contributed by atoms with Crippen molar-refractivity contribution in [3.8, 4) is 5.75 Å². The van der Waals surface area contributed by atoms with Gasteiger partial charge >= 0.3 is 0 Å². The summed E-state index contributed by atoms with van der Waals surface area (Å²) in [6.45, 7) is 2.22. The Morgan fingerprint density at radius 1 is 1.47 bits per heavy atom. The Kier molecular flexibility index (Phi) is 3.64. The molecular weight excluding hydrogens is 216 g/mol. The summed E-state index contributed by atoms with van der Waals surface area (Å²) in [5, 5.41) is 2.65. The average Bonchev–Trinajstić information content (AvgIpc) is 2.37. The van der Waals surface area contributed by atoms with Crippen LogP contribution in [0.5, 0.6) is 5.75 Å². The molecule has 0 saturated heterocycles. The van der Waals surface area contributed by atoms with Gasteiger partial charge in [-0.3, -0.25) is 9.69 Å². The van der Waals surface area contributed by atoms with E-state index in [4.69, 9.17) is 4.74 Å². The molecule has 0 aromatic heterocycles. The van der Waals surface area contributed by atoms with Gasteiger partial charge in [-0.2, -0.15) is 0 Å². The summed E-state index contributed by atoms with van der Waals surface area (Å²) in [5.74, 6) is 0.946. The molecule has 2 rings (SSSR count). The standard InChI is InChI=1S/C13H18N2O2/c1-14-13(16)9-15-6-5-10-3-4-12(17-2)7-11(10)8-15/h3-4,7H,5-6,8-9H2,1-2H3,(H,14,16). The van der Waals surface area contributed by atoms with E-state index in [1.54, 1.807) is 14.2 Å². The molecule has 0 atom stereocenters. The number of hydrogen-bond acceptors (Lipinski definition) is 3. The number of ether oxygens (including phenoxy) is 1. The van der Waals surface area contributed by atoms with E-state index in [1.165, 1.54) is 11.1 Å². The number of carbonyl (C=O) groups is 1. The summed E-state index contributed by atoms with van der Waals surface area (Å²) in [4.78, 5) is 13.5. The number of fused-ring (bicyclic) bond motifs is 1.